The Kier molecular flexibility index (Phi) is 53.1. The Bertz CT molecular complexity index is 1690. The van der Waals surface area contributed by atoms with Gasteiger partial charge in [0.25, 0.3) is 0 Å². The Morgan fingerprint density at radius 3 is 1.10 bits per heavy atom. The van der Waals surface area contributed by atoms with Gasteiger partial charge in [-0.1, -0.05) is 236 Å². The fourth-order valence-corrected chi connectivity index (χ4v) is 6.75. The first kappa shape index (κ1) is 65.8. The van der Waals surface area contributed by atoms with Gasteiger partial charge in [0.05, 0.1) is 0 Å². The van der Waals surface area contributed by atoms with Crippen molar-refractivity contribution in [3.63, 3.8) is 0 Å². The molecule has 1 unspecified atom stereocenters. The van der Waals surface area contributed by atoms with E-state index in [0.29, 0.717) is 19.3 Å². The van der Waals surface area contributed by atoms with Crippen molar-refractivity contribution in [2.75, 3.05) is 13.2 Å². The van der Waals surface area contributed by atoms with E-state index >= 15 is 0 Å². The summed E-state index contributed by atoms with van der Waals surface area (Å²) < 4.78 is 16.7. The second kappa shape index (κ2) is 57.3. The monoisotopic (exact) mass is 975 g/mol. The predicted molar refractivity (Wildman–Crippen MR) is 306 cm³/mol. The maximum Gasteiger partial charge on any atom is 0.306 e. The van der Waals surface area contributed by atoms with E-state index in [-0.39, 0.29) is 44.0 Å². The van der Waals surface area contributed by atoms with Crippen LogP contribution in [-0.4, -0.2) is 37.2 Å². The quantitative estimate of drug-likeness (QED) is 0.0199. The Balaban J connectivity index is 4.63. The van der Waals surface area contributed by atoms with Crippen LogP contribution < -0.4 is 0 Å². The van der Waals surface area contributed by atoms with Crippen molar-refractivity contribution in [3.05, 3.63) is 170 Å². The first-order chi connectivity index (χ1) is 35.0. The van der Waals surface area contributed by atoms with Crippen LogP contribution >= 0.6 is 0 Å². The number of ether oxygens (including phenoxy) is 3. The number of carbonyl (C=O) groups is 3. The minimum absolute atomic E-state index is 0.130. The summed E-state index contributed by atoms with van der Waals surface area (Å²) in [6.07, 6.45) is 84.8. The van der Waals surface area contributed by atoms with Crippen molar-refractivity contribution in [1.82, 2.24) is 0 Å². The highest BCUT2D eigenvalue weighted by Crippen LogP contribution is 2.12. The lowest BCUT2D eigenvalue weighted by atomic mass is 10.1. The van der Waals surface area contributed by atoms with E-state index in [2.05, 4.69) is 130 Å². The molecule has 71 heavy (non-hydrogen) atoms. The average Bonchev–Trinajstić information content (AvgIpc) is 3.37. The van der Waals surface area contributed by atoms with Crippen LogP contribution in [0.15, 0.2) is 170 Å². The molecular weight excluding hydrogens is 877 g/mol. The normalized spacial score (nSPS) is 13.5. The zero-order chi connectivity index (χ0) is 51.4. The van der Waals surface area contributed by atoms with Crippen molar-refractivity contribution in [3.8, 4) is 0 Å². The van der Waals surface area contributed by atoms with Crippen LogP contribution in [0.5, 0.6) is 0 Å². The Morgan fingerprint density at radius 2 is 0.634 bits per heavy atom. The van der Waals surface area contributed by atoms with Gasteiger partial charge in [-0.2, -0.15) is 0 Å². The number of hydrogen-bond acceptors (Lipinski definition) is 6. The molecule has 0 N–H and O–H groups in total. The second-order valence-corrected chi connectivity index (χ2v) is 17.5. The maximum atomic E-state index is 12.8. The Morgan fingerprint density at radius 1 is 0.310 bits per heavy atom. The van der Waals surface area contributed by atoms with Crippen LogP contribution in [-0.2, 0) is 28.6 Å². The Hall–Kier alpha value is -5.23. The first-order valence-electron chi connectivity index (χ1n) is 27.7. The van der Waals surface area contributed by atoms with Crippen LogP contribution in [0.1, 0.15) is 201 Å². The molecule has 0 aromatic rings. The third-order valence-electron chi connectivity index (χ3n) is 10.8. The van der Waals surface area contributed by atoms with Crippen LogP contribution in [0.4, 0.5) is 0 Å². The highest BCUT2D eigenvalue weighted by molar-refractivity contribution is 5.71. The molecule has 6 nitrogen and oxygen atoms in total. The lowest BCUT2D eigenvalue weighted by Crippen LogP contribution is -2.30. The van der Waals surface area contributed by atoms with Crippen molar-refractivity contribution in [2.24, 2.45) is 0 Å². The molecule has 0 saturated heterocycles. The van der Waals surface area contributed by atoms with E-state index in [0.717, 1.165) is 109 Å². The fourth-order valence-electron chi connectivity index (χ4n) is 6.75. The zero-order valence-electron chi connectivity index (χ0n) is 44.9. The lowest BCUT2D eigenvalue weighted by Gasteiger charge is -2.18. The predicted octanol–water partition coefficient (Wildman–Crippen LogP) is 18.8. The number of allylic oxidation sites excluding steroid dienone is 28. The molecule has 0 spiro atoms. The van der Waals surface area contributed by atoms with Crippen LogP contribution in [0.25, 0.3) is 0 Å². The highest BCUT2D eigenvalue weighted by atomic mass is 16.6. The standard InChI is InChI=1S/C65H98O6/c1-4-7-10-13-16-19-22-25-28-31-32-35-37-40-43-46-49-52-55-58-64(67)70-61-62(71-65(68)59-56-53-50-47-44-41-38-34-30-27-24-21-18-15-12-9-6-3)60-69-63(66)57-54-51-48-45-42-39-36-33-29-26-23-20-17-14-11-8-5-2/h7,9-10,12,15-21,24-30,32,34-36,38-39,41,44-45,48,62H,4-6,8,11,13-14,22-23,31,33,37,40,42-43,46-47,49-61H2,1-3H3/b10-7-,12-9-,18-15-,19-16-,20-17-,24-21-,28-25-,29-26-,30-27-,35-32-,38-34+,39-36-,44-41-,48-45-. The number of hydrogen-bond donors (Lipinski definition) is 0. The fraction of sp³-hybridized carbons (Fsp3) is 0.523. The molecule has 0 aliphatic carbocycles. The summed E-state index contributed by atoms with van der Waals surface area (Å²) in [6.45, 7) is 6.23. The molecule has 0 saturated carbocycles. The third kappa shape index (κ3) is 55.6. The van der Waals surface area contributed by atoms with E-state index < -0.39 is 6.10 Å². The van der Waals surface area contributed by atoms with Gasteiger partial charge in [-0.15, -0.1) is 0 Å². The smallest absolute Gasteiger partial charge is 0.306 e. The number of rotatable bonds is 47. The van der Waals surface area contributed by atoms with Gasteiger partial charge in [-0.25, -0.2) is 0 Å². The minimum Gasteiger partial charge on any atom is -0.462 e. The summed E-state index contributed by atoms with van der Waals surface area (Å²) in [7, 11) is 0. The molecular formula is C65H98O6. The van der Waals surface area contributed by atoms with Gasteiger partial charge in [-0.3, -0.25) is 14.4 Å². The molecule has 394 valence electrons. The third-order valence-corrected chi connectivity index (χ3v) is 10.8. The average molecular weight is 975 g/mol. The van der Waals surface area contributed by atoms with E-state index in [9.17, 15) is 14.4 Å². The molecule has 0 aliphatic rings. The van der Waals surface area contributed by atoms with Gasteiger partial charge in [0.15, 0.2) is 6.10 Å². The molecule has 6 heteroatoms. The molecule has 0 amide bonds. The van der Waals surface area contributed by atoms with Crippen molar-refractivity contribution >= 4 is 17.9 Å². The van der Waals surface area contributed by atoms with E-state index in [1.807, 2.05) is 60.8 Å². The molecule has 0 aromatic heterocycles. The van der Waals surface area contributed by atoms with E-state index in [4.69, 9.17) is 14.2 Å². The van der Waals surface area contributed by atoms with Gasteiger partial charge in [-0.05, 0) is 116 Å². The molecule has 0 aliphatic heterocycles. The van der Waals surface area contributed by atoms with Crippen molar-refractivity contribution in [1.29, 1.82) is 0 Å². The van der Waals surface area contributed by atoms with Gasteiger partial charge in [0.1, 0.15) is 13.2 Å². The maximum absolute atomic E-state index is 12.8. The summed E-state index contributed by atoms with van der Waals surface area (Å²) >= 11 is 0. The second-order valence-electron chi connectivity index (χ2n) is 17.5. The largest absolute Gasteiger partial charge is 0.462 e. The molecule has 0 bridgehead atoms. The summed E-state index contributed by atoms with van der Waals surface area (Å²) in [4.78, 5) is 38.1. The minimum atomic E-state index is -0.840. The number of esters is 3. The van der Waals surface area contributed by atoms with Crippen LogP contribution in [0, 0.1) is 0 Å². The van der Waals surface area contributed by atoms with Gasteiger partial charge < -0.3 is 14.2 Å². The molecule has 0 fully saturated rings. The number of carbonyl (C=O) groups excluding carboxylic acids is 3. The van der Waals surface area contributed by atoms with Gasteiger partial charge in [0.2, 0.25) is 0 Å². The highest BCUT2D eigenvalue weighted by Gasteiger charge is 2.19. The van der Waals surface area contributed by atoms with Crippen molar-refractivity contribution in [2.45, 2.75) is 207 Å². The summed E-state index contributed by atoms with van der Waals surface area (Å²) in [5.41, 5.74) is 0. The molecule has 0 radical (unpaired) electrons. The topological polar surface area (TPSA) is 78.9 Å². The molecule has 1 atom stereocenters. The Labute approximate surface area is 434 Å². The molecule has 0 aromatic carbocycles. The van der Waals surface area contributed by atoms with Crippen LogP contribution in [0.3, 0.4) is 0 Å². The van der Waals surface area contributed by atoms with Gasteiger partial charge in [0, 0.05) is 19.3 Å². The molecule has 0 heterocycles. The van der Waals surface area contributed by atoms with E-state index in [1.54, 1.807) is 0 Å². The van der Waals surface area contributed by atoms with Crippen molar-refractivity contribution < 1.29 is 28.6 Å². The summed E-state index contributed by atoms with van der Waals surface area (Å²) in [5.74, 6) is -1.06. The zero-order valence-corrected chi connectivity index (χ0v) is 44.9. The van der Waals surface area contributed by atoms with Crippen LogP contribution in [0.2, 0.25) is 0 Å². The summed E-state index contributed by atoms with van der Waals surface area (Å²) in [5, 5.41) is 0. The van der Waals surface area contributed by atoms with Gasteiger partial charge >= 0.3 is 17.9 Å². The molecule has 0 rings (SSSR count). The SMILES string of the molecule is CC\C=C/C=C\C=C/C=C\C=C\C=C/CCCCCC(=O)OC(COC(=O)CCC/C=C\C/C=C\C/C=C\C/C=C\CCCCC)COC(=O)CCCCCCCC/C=C\C/C=C\C/C=C\C/C=C\CC. The number of unbranched alkanes of at least 4 members (excludes halogenated alkanes) is 13. The first-order valence-corrected chi connectivity index (χ1v) is 27.7. The summed E-state index contributed by atoms with van der Waals surface area (Å²) in [6, 6.07) is 0. The lowest BCUT2D eigenvalue weighted by molar-refractivity contribution is -0.167. The van der Waals surface area contributed by atoms with E-state index in [1.165, 1.54) is 38.5 Å².